The van der Waals surface area contributed by atoms with Gasteiger partial charge in [-0.2, -0.15) is 0 Å². The maximum atomic E-state index is 8.35. The molecule has 7 heteroatoms. The van der Waals surface area contributed by atoms with E-state index >= 15 is 0 Å². The molecule has 0 radical (unpaired) electrons. The number of aromatic nitrogens is 3. The molecule has 3 heterocycles. The second-order valence-corrected chi connectivity index (χ2v) is 7.83. The molecule has 0 saturated carbocycles. The number of benzene rings is 1. The second kappa shape index (κ2) is 7.61. The van der Waals surface area contributed by atoms with E-state index in [1.54, 1.807) is 6.33 Å². The Morgan fingerprint density at radius 2 is 2.04 bits per heavy atom. The molecule has 2 aromatic heterocycles. The molecule has 1 aliphatic heterocycles. The molecule has 0 aliphatic carbocycles. The highest BCUT2D eigenvalue weighted by Crippen LogP contribution is 2.44. The van der Waals surface area contributed by atoms with E-state index in [9.17, 15) is 0 Å². The Hall–Kier alpha value is -2.90. The third-order valence-electron chi connectivity index (χ3n) is 4.87. The summed E-state index contributed by atoms with van der Waals surface area (Å²) in [5.74, 6) is 0.751. The molecular formula is C21H22N6S. The lowest BCUT2D eigenvalue weighted by Crippen LogP contribution is -2.18. The molecule has 0 saturated heterocycles. The van der Waals surface area contributed by atoms with Gasteiger partial charge in [0, 0.05) is 30.1 Å². The SMILES string of the molecule is C/C(=C1/C(=N)Sc2c(NCc3ccc(-c4ccc[nH]4)cc3)ncnc21)C(C)N. The number of thioether (sulfide) groups is 1. The van der Waals surface area contributed by atoms with Crippen molar-refractivity contribution in [3.63, 3.8) is 0 Å². The fourth-order valence-corrected chi connectivity index (χ4v) is 4.16. The minimum atomic E-state index is -0.119. The Kier molecular flexibility index (Phi) is 5.02. The van der Waals surface area contributed by atoms with Crippen molar-refractivity contribution < 1.29 is 0 Å². The van der Waals surface area contributed by atoms with Crippen LogP contribution >= 0.6 is 11.8 Å². The van der Waals surface area contributed by atoms with E-state index in [4.69, 9.17) is 11.1 Å². The highest BCUT2D eigenvalue weighted by molar-refractivity contribution is 8.15. The number of aromatic amines is 1. The first-order valence-electron chi connectivity index (χ1n) is 9.09. The summed E-state index contributed by atoms with van der Waals surface area (Å²) < 4.78 is 0. The Morgan fingerprint density at radius 1 is 1.25 bits per heavy atom. The van der Waals surface area contributed by atoms with Crippen molar-refractivity contribution in [1.29, 1.82) is 5.41 Å². The van der Waals surface area contributed by atoms with Crippen LogP contribution < -0.4 is 11.1 Å². The molecular weight excluding hydrogens is 368 g/mol. The smallest absolute Gasteiger partial charge is 0.144 e. The van der Waals surface area contributed by atoms with E-state index < -0.39 is 0 Å². The third-order valence-corrected chi connectivity index (χ3v) is 5.87. The Labute approximate surface area is 168 Å². The molecule has 28 heavy (non-hydrogen) atoms. The first-order valence-corrected chi connectivity index (χ1v) is 9.91. The van der Waals surface area contributed by atoms with Gasteiger partial charge in [-0.15, -0.1) is 0 Å². The quantitative estimate of drug-likeness (QED) is 0.520. The minimum absolute atomic E-state index is 0.119. The van der Waals surface area contributed by atoms with Crippen LogP contribution in [0.2, 0.25) is 0 Å². The van der Waals surface area contributed by atoms with E-state index in [0.29, 0.717) is 11.6 Å². The van der Waals surface area contributed by atoms with Gasteiger partial charge in [0.1, 0.15) is 17.2 Å². The second-order valence-electron chi connectivity index (χ2n) is 6.81. The number of anilines is 1. The van der Waals surface area contributed by atoms with Gasteiger partial charge in [0.25, 0.3) is 0 Å². The highest BCUT2D eigenvalue weighted by Gasteiger charge is 2.29. The largest absolute Gasteiger partial charge is 0.365 e. The summed E-state index contributed by atoms with van der Waals surface area (Å²) in [4.78, 5) is 12.9. The highest BCUT2D eigenvalue weighted by atomic mass is 32.2. The van der Waals surface area contributed by atoms with E-state index in [1.807, 2.05) is 26.1 Å². The van der Waals surface area contributed by atoms with Gasteiger partial charge in [0.05, 0.1) is 10.6 Å². The summed E-state index contributed by atoms with van der Waals surface area (Å²) in [6.45, 7) is 4.54. The van der Waals surface area contributed by atoms with E-state index in [2.05, 4.69) is 50.6 Å². The zero-order valence-corrected chi connectivity index (χ0v) is 16.6. The number of hydrogen-bond acceptors (Lipinski definition) is 6. The van der Waals surface area contributed by atoms with Gasteiger partial charge in [0.2, 0.25) is 0 Å². The number of fused-ring (bicyclic) bond motifs is 1. The normalized spacial score (nSPS) is 16.0. The lowest BCUT2D eigenvalue weighted by molar-refractivity contribution is 0.863. The van der Waals surface area contributed by atoms with Crippen LogP contribution in [0.4, 0.5) is 5.82 Å². The van der Waals surface area contributed by atoms with Gasteiger partial charge in [0.15, 0.2) is 0 Å². The summed E-state index contributed by atoms with van der Waals surface area (Å²) in [7, 11) is 0. The van der Waals surface area contributed by atoms with Crippen LogP contribution in [0, 0.1) is 5.41 Å². The lowest BCUT2D eigenvalue weighted by Gasteiger charge is -2.11. The third kappa shape index (κ3) is 3.46. The topological polar surface area (TPSA) is 103 Å². The molecule has 6 nitrogen and oxygen atoms in total. The standard InChI is InChI=1S/C21H22N6S/c1-12(13(2)22)17-18-19(28-20(17)23)21(27-11-26-18)25-10-14-5-7-15(8-6-14)16-4-3-9-24-16/h3-9,11,13,23-24H,10,22H2,1-2H3,(H,25,26,27)/b17-12-,23-20?. The van der Waals surface area contributed by atoms with Crippen LogP contribution in [0.1, 0.15) is 25.1 Å². The lowest BCUT2D eigenvalue weighted by atomic mass is 10.0. The molecule has 1 aromatic carbocycles. The number of nitrogens with zero attached hydrogens (tertiary/aromatic N) is 2. The maximum Gasteiger partial charge on any atom is 0.144 e. The predicted octanol–water partition coefficient (Wildman–Crippen LogP) is 4.29. The minimum Gasteiger partial charge on any atom is -0.365 e. The molecule has 0 amide bonds. The van der Waals surface area contributed by atoms with Crippen LogP contribution in [0.5, 0.6) is 0 Å². The zero-order chi connectivity index (χ0) is 19.7. The van der Waals surface area contributed by atoms with Gasteiger partial charge in [-0.1, -0.05) is 36.0 Å². The first kappa shape index (κ1) is 18.5. The molecule has 0 fully saturated rings. The van der Waals surface area contributed by atoms with Crippen LogP contribution in [-0.2, 0) is 6.54 Å². The van der Waals surface area contributed by atoms with Crippen LogP contribution in [0.3, 0.4) is 0 Å². The molecule has 1 atom stereocenters. The number of nitrogens with one attached hydrogen (secondary N) is 3. The summed E-state index contributed by atoms with van der Waals surface area (Å²) >= 11 is 1.39. The average Bonchev–Trinajstić information content (AvgIpc) is 3.33. The van der Waals surface area contributed by atoms with Gasteiger partial charge in [-0.25, -0.2) is 9.97 Å². The molecule has 3 aromatic rings. The zero-order valence-electron chi connectivity index (χ0n) is 15.8. The molecule has 1 unspecified atom stereocenters. The number of hydrogen-bond donors (Lipinski definition) is 4. The summed E-state index contributed by atoms with van der Waals surface area (Å²) in [5, 5.41) is 12.2. The summed E-state index contributed by atoms with van der Waals surface area (Å²) in [5.41, 5.74) is 12.0. The fraction of sp³-hybridized carbons (Fsp3) is 0.190. The number of nitrogens with two attached hydrogens (primary N) is 1. The average molecular weight is 391 g/mol. The van der Waals surface area contributed by atoms with Crippen molar-refractivity contribution >= 4 is 28.2 Å². The van der Waals surface area contributed by atoms with Crippen molar-refractivity contribution in [2.75, 3.05) is 5.32 Å². The number of H-pyrrole nitrogens is 1. The summed E-state index contributed by atoms with van der Waals surface area (Å²) in [6.07, 6.45) is 3.47. The summed E-state index contributed by atoms with van der Waals surface area (Å²) in [6, 6.07) is 12.3. The van der Waals surface area contributed by atoms with Crippen molar-refractivity contribution in [2.45, 2.75) is 31.3 Å². The van der Waals surface area contributed by atoms with Gasteiger partial charge in [-0.05, 0) is 42.7 Å². The van der Waals surface area contributed by atoms with Gasteiger partial charge in [-0.3, -0.25) is 5.41 Å². The van der Waals surface area contributed by atoms with Crippen molar-refractivity contribution in [3.8, 4) is 11.3 Å². The van der Waals surface area contributed by atoms with Crippen LogP contribution in [0.25, 0.3) is 16.8 Å². The molecule has 5 N–H and O–H groups in total. The number of rotatable bonds is 5. The Bertz CT molecular complexity index is 1040. The van der Waals surface area contributed by atoms with Crippen LogP contribution in [-0.4, -0.2) is 26.0 Å². The maximum absolute atomic E-state index is 8.35. The molecule has 0 bridgehead atoms. The van der Waals surface area contributed by atoms with E-state index in [1.165, 1.54) is 11.8 Å². The first-order chi connectivity index (χ1) is 13.5. The van der Waals surface area contributed by atoms with Gasteiger partial charge < -0.3 is 16.0 Å². The molecule has 1 aliphatic rings. The van der Waals surface area contributed by atoms with Crippen molar-refractivity contribution in [1.82, 2.24) is 15.0 Å². The molecule has 4 rings (SSSR count). The Balaban J connectivity index is 1.54. The van der Waals surface area contributed by atoms with Crippen molar-refractivity contribution in [2.24, 2.45) is 5.73 Å². The molecule has 0 spiro atoms. The van der Waals surface area contributed by atoms with E-state index in [-0.39, 0.29) is 6.04 Å². The monoisotopic (exact) mass is 390 g/mol. The van der Waals surface area contributed by atoms with E-state index in [0.717, 1.165) is 44.4 Å². The Morgan fingerprint density at radius 3 is 2.71 bits per heavy atom. The molecule has 142 valence electrons. The van der Waals surface area contributed by atoms with Crippen LogP contribution in [0.15, 0.2) is 59.4 Å². The predicted molar refractivity (Wildman–Crippen MR) is 115 cm³/mol. The van der Waals surface area contributed by atoms with Crippen molar-refractivity contribution in [3.05, 3.63) is 65.8 Å². The fourth-order valence-electron chi connectivity index (χ4n) is 3.13. The van der Waals surface area contributed by atoms with Gasteiger partial charge >= 0.3 is 0 Å².